The minimum Gasteiger partial charge on any atom is -0.461 e. The second-order valence-corrected chi connectivity index (χ2v) is 4.07. The fourth-order valence-electron chi connectivity index (χ4n) is 1.85. The molecule has 0 fully saturated rings. The molecule has 1 aromatic heterocycles. The van der Waals surface area contributed by atoms with Crippen molar-refractivity contribution in [1.82, 2.24) is 5.32 Å². The van der Waals surface area contributed by atoms with Crippen molar-refractivity contribution in [3.05, 3.63) is 35.6 Å². The molecule has 0 saturated carbocycles. The van der Waals surface area contributed by atoms with Crippen molar-refractivity contribution < 1.29 is 8.81 Å². The first-order valence-corrected chi connectivity index (χ1v) is 5.45. The van der Waals surface area contributed by atoms with Crippen LogP contribution in [0.4, 0.5) is 4.39 Å². The second kappa shape index (κ2) is 4.66. The molecule has 1 heterocycles. The van der Waals surface area contributed by atoms with Crippen LogP contribution in [0, 0.1) is 6.92 Å². The number of hydrogen-bond acceptors (Lipinski definition) is 2. The average molecular weight is 221 g/mol. The largest absolute Gasteiger partial charge is 0.461 e. The average Bonchev–Trinajstić information content (AvgIpc) is 2.65. The Labute approximate surface area is 94.4 Å². The lowest BCUT2D eigenvalue weighted by atomic mass is 10.1. The summed E-state index contributed by atoms with van der Waals surface area (Å²) in [5.74, 6) is 0.905. The molecule has 2 nitrogen and oxygen atoms in total. The van der Waals surface area contributed by atoms with Gasteiger partial charge >= 0.3 is 0 Å². The fraction of sp³-hybridized carbons (Fsp3) is 0.385. The summed E-state index contributed by atoms with van der Waals surface area (Å²) in [7, 11) is 1.78. The van der Waals surface area contributed by atoms with Crippen molar-refractivity contribution in [2.24, 2.45) is 0 Å². The van der Waals surface area contributed by atoms with Gasteiger partial charge in [-0.2, -0.15) is 0 Å². The Morgan fingerprint density at radius 1 is 1.38 bits per heavy atom. The zero-order chi connectivity index (χ0) is 11.5. The predicted octanol–water partition coefficient (Wildman–Crippen LogP) is 2.84. The minimum atomic E-state index is -0.355. The summed E-state index contributed by atoms with van der Waals surface area (Å²) >= 11 is 0. The Bertz CT molecular complexity index is 474. The zero-order valence-corrected chi connectivity index (χ0v) is 9.59. The maximum atomic E-state index is 12.6. The number of likely N-dealkylation sites (N-methyl/N-ethyl adjacent to an activating group) is 1. The molecule has 1 aromatic carbocycles. The number of halogens is 1. The number of hydrogen-bond donors (Lipinski definition) is 1. The van der Waals surface area contributed by atoms with E-state index in [0.717, 1.165) is 22.3 Å². The van der Waals surface area contributed by atoms with Crippen LogP contribution in [0.3, 0.4) is 0 Å². The van der Waals surface area contributed by atoms with Gasteiger partial charge in [0.15, 0.2) is 0 Å². The highest BCUT2D eigenvalue weighted by atomic mass is 19.1. The molecule has 0 radical (unpaired) electrons. The Balaban J connectivity index is 2.24. The van der Waals surface area contributed by atoms with Crippen molar-refractivity contribution in [3.63, 3.8) is 0 Å². The second-order valence-electron chi connectivity index (χ2n) is 4.07. The summed E-state index contributed by atoms with van der Waals surface area (Å²) < 4.78 is 18.1. The number of furan rings is 1. The molecule has 0 spiro atoms. The monoisotopic (exact) mass is 221 g/mol. The maximum absolute atomic E-state index is 12.6. The van der Waals surface area contributed by atoms with Crippen LogP contribution < -0.4 is 5.32 Å². The van der Waals surface area contributed by atoms with Crippen LogP contribution in [0.1, 0.15) is 11.3 Å². The molecule has 3 heteroatoms. The molecule has 2 rings (SSSR count). The van der Waals surface area contributed by atoms with Crippen LogP contribution in [0.25, 0.3) is 11.0 Å². The summed E-state index contributed by atoms with van der Waals surface area (Å²) in [6.45, 7) is 1.57. The van der Waals surface area contributed by atoms with Gasteiger partial charge in [-0.15, -0.1) is 0 Å². The van der Waals surface area contributed by atoms with Gasteiger partial charge in [0.05, 0.1) is 0 Å². The van der Waals surface area contributed by atoms with E-state index in [9.17, 15) is 4.39 Å². The standard InChI is InChI=1S/C13H16FNO/c1-9-5-11-4-3-10(7-13(11)16-9)6-12(8-14)15-2/h3-5,7,12,15H,6,8H2,1-2H3. The van der Waals surface area contributed by atoms with E-state index in [2.05, 4.69) is 5.32 Å². The van der Waals surface area contributed by atoms with Gasteiger partial charge in [0, 0.05) is 11.4 Å². The summed E-state index contributed by atoms with van der Waals surface area (Å²) in [5.41, 5.74) is 1.97. The summed E-state index contributed by atoms with van der Waals surface area (Å²) in [4.78, 5) is 0. The van der Waals surface area contributed by atoms with Crippen LogP contribution >= 0.6 is 0 Å². The van der Waals surface area contributed by atoms with Gasteiger partial charge in [-0.05, 0) is 38.1 Å². The van der Waals surface area contributed by atoms with Crippen LogP contribution in [0.2, 0.25) is 0 Å². The molecule has 1 atom stereocenters. The number of benzene rings is 1. The van der Waals surface area contributed by atoms with Crippen LogP contribution in [-0.4, -0.2) is 19.8 Å². The number of alkyl halides is 1. The van der Waals surface area contributed by atoms with Crippen molar-refractivity contribution in [3.8, 4) is 0 Å². The lowest BCUT2D eigenvalue weighted by Gasteiger charge is -2.11. The lowest BCUT2D eigenvalue weighted by molar-refractivity contribution is 0.389. The molecular weight excluding hydrogens is 205 g/mol. The smallest absolute Gasteiger partial charge is 0.134 e. The molecule has 0 aliphatic heterocycles. The SMILES string of the molecule is CNC(CF)Cc1ccc2cc(C)oc2c1. The van der Waals surface area contributed by atoms with Crippen molar-refractivity contribution >= 4 is 11.0 Å². The van der Waals surface area contributed by atoms with Crippen LogP contribution in [0.15, 0.2) is 28.7 Å². The Kier molecular flexibility index (Phi) is 3.25. The number of rotatable bonds is 4. The van der Waals surface area contributed by atoms with Crippen molar-refractivity contribution in [1.29, 1.82) is 0 Å². The number of fused-ring (bicyclic) bond motifs is 1. The lowest BCUT2D eigenvalue weighted by Crippen LogP contribution is -2.29. The quantitative estimate of drug-likeness (QED) is 0.858. The molecule has 16 heavy (non-hydrogen) atoms. The Morgan fingerprint density at radius 3 is 2.88 bits per heavy atom. The minimum absolute atomic E-state index is 0.117. The summed E-state index contributed by atoms with van der Waals surface area (Å²) in [5, 5.41) is 4.05. The Hall–Kier alpha value is -1.35. The van der Waals surface area contributed by atoms with Gasteiger partial charge < -0.3 is 9.73 Å². The Morgan fingerprint density at radius 2 is 2.19 bits per heavy atom. The van der Waals surface area contributed by atoms with E-state index < -0.39 is 0 Å². The first-order valence-electron chi connectivity index (χ1n) is 5.45. The van der Waals surface area contributed by atoms with Gasteiger partial charge in [0.25, 0.3) is 0 Å². The highest BCUT2D eigenvalue weighted by Crippen LogP contribution is 2.20. The van der Waals surface area contributed by atoms with Crippen molar-refractivity contribution in [2.45, 2.75) is 19.4 Å². The van der Waals surface area contributed by atoms with Gasteiger partial charge in [-0.1, -0.05) is 12.1 Å². The zero-order valence-electron chi connectivity index (χ0n) is 9.59. The molecule has 0 aliphatic rings. The van der Waals surface area contributed by atoms with E-state index in [1.54, 1.807) is 7.05 Å². The van der Waals surface area contributed by atoms with Crippen LogP contribution in [-0.2, 0) is 6.42 Å². The van der Waals surface area contributed by atoms with Gasteiger partial charge in [0.1, 0.15) is 18.0 Å². The van der Waals surface area contributed by atoms with Gasteiger partial charge in [-0.3, -0.25) is 0 Å². The van der Waals surface area contributed by atoms with Gasteiger partial charge in [0.2, 0.25) is 0 Å². The first kappa shape index (κ1) is 11.1. The third kappa shape index (κ3) is 2.25. The van der Waals surface area contributed by atoms with Gasteiger partial charge in [-0.25, -0.2) is 4.39 Å². The molecule has 0 amide bonds. The molecule has 0 aliphatic carbocycles. The van der Waals surface area contributed by atoms with Crippen LogP contribution in [0.5, 0.6) is 0 Å². The summed E-state index contributed by atoms with van der Waals surface area (Å²) in [6.07, 6.45) is 0.683. The summed E-state index contributed by atoms with van der Waals surface area (Å²) in [6, 6.07) is 7.92. The molecule has 2 aromatic rings. The molecule has 1 unspecified atom stereocenters. The van der Waals surface area contributed by atoms with E-state index in [1.165, 1.54) is 0 Å². The predicted molar refractivity (Wildman–Crippen MR) is 63.5 cm³/mol. The number of aryl methyl sites for hydroxylation is 1. The molecular formula is C13H16FNO. The van der Waals surface area contributed by atoms with Crippen molar-refractivity contribution in [2.75, 3.05) is 13.7 Å². The highest BCUT2D eigenvalue weighted by Gasteiger charge is 2.08. The molecule has 0 bridgehead atoms. The third-order valence-electron chi connectivity index (χ3n) is 2.78. The van der Waals surface area contributed by atoms with E-state index in [-0.39, 0.29) is 12.7 Å². The van der Waals surface area contributed by atoms with E-state index >= 15 is 0 Å². The topological polar surface area (TPSA) is 25.2 Å². The van der Waals surface area contributed by atoms with E-state index in [1.807, 2.05) is 31.2 Å². The van der Waals surface area contributed by atoms with E-state index in [4.69, 9.17) is 4.42 Å². The van der Waals surface area contributed by atoms with E-state index in [0.29, 0.717) is 6.42 Å². The molecule has 86 valence electrons. The number of nitrogens with one attached hydrogen (secondary N) is 1. The highest BCUT2D eigenvalue weighted by molar-refractivity contribution is 5.78. The molecule has 1 N–H and O–H groups in total. The molecule has 0 saturated heterocycles. The maximum Gasteiger partial charge on any atom is 0.134 e. The normalized spacial score (nSPS) is 13.2. The first-order chi connectivity index (χ1) is 7.72. The third-order valence-corrected chi connectivity index (χ3v) is 2.78. The fourth-order valence-corrected chi connectivity index (χ4v) is 1.85.